The molecular formula is C23H22N2O5S. The van der Waals surface area contributed by atoms with Gasteiger partial charge in [-0.1, -0.05) is 24.3 Å². The third-order valence-corrected chi connectivity index (χ3v) is 5.38. The Morgan fingerprint density at radius 2 is 1.90 bits per heavy atom. The first-order chi connectivity index (χ1) is 15.0. The van der Waals surface area contributed by atoms with Crippen molar-refractivity contribution in [1.29, 1.82) is 0 Å². The number of imide groups is 1. The number of para-hydroxylation sites is 1. The third kappa shape index (κ3) is 5.16. The molecule has 31 heavy (non-hydrogen) atoms. The van der Waals surface area contributed by atoms with Gasteiger partial charge in [0.05, 0.1) is 19.1 Å². The zero-order valence-corrected chi connectivity index (χ0v) is 18.0. The summed E-state index contributed by atoms with van der Waals surface area (Å²) in [5.41, 5.74) is 2.10. The average molecular weight is 439 g/mol. The maximum Gasteiger partial charge on any atom is 0.294 e. The lowest BCUT2D eigenvalue weighted by Crippen LogP contribution is -2.36. The monoisotopic (exact) mass is 438 g/mol. The molecule has 3 rings (SSSR count). The van der Waals surface area contributed by atoms with E-state index in [-0.39, 0.29) is 11.4 Å². The van der Waals surface area contributed by atoms with Gasteiger partial charge in [-0.05, 0) is 54.1 Å². The molecule has 7 nitrogen and oxygen atoms in total. The zero-order valence-electron chi connectivity index (χ0n) is 17.2. The van der Waals surface area contributed by atoms with Gasteiger partial charge in [0.2, 0.25) is 5.91 Å². The molecule has 1 saturated heterocycles. The lowest BCUT2D eigenvalue weighted by atomic mass is 10.0. The molecule has 0 spiro atoms. The van der Waals surface area contributed by atoms with E-state index in [9.17, 15) is 14.4 Å². The molecule has 0 bridgehead atoms. The Bertz CT molecular complexity index is 1050. The summed E-state index contributed by atoms with van der Waals surface area (Å²) in [6.45, 7) is 3.39. The first kappa shape index (κ1) is 22.2. The molecule has 1 N–H and O–H groups in total. The predicted molar refractivity (Wildman–Crippen MR) is 121 cm³/mol. The fraction of sp³-hybridized carbons (Fsp3) is 0.174. The van der Waals surface area contributed by atoms with E-state index in [0.29, 0.717) is 29.2 Å². The number of hydrogen-bond donors (Lipinski definition) is 1. The minimum absolute atomic E-state index is 0.231. The highest BCUT2D eigenvalue weighted by Gasteiger charge is 2.36. The van der Waals surface area contributed by atoms with Crippen LogP contribution in [-0.2, 0) is 16.0 Å². The fourth-order valence-corrected chi connectivity index (χ4v) is 3.95. The van der Waals surface area contributed by atoms with Crippen molar-refractivity contribution in [2.75, 3.05) is 26.1 Å². The van der Waals surface area contributed by atoms with Gasteiger partial charge in [0.1, 0.15) is 6.54 Å². The molecule has 0 saturated carbocycles. The molecule has 0 radical (unpaired) electrons. The second-order valence-corrected chi connectivity index (χ2v) is 7.58. The van der Waals surface area contributed by atoms with Crippen molar-refractivity contribution in [1.82, 2.24) is 4.90 Å². The Labute approximate surface area is 184 Å². The van der Waals surface area contributed by atoms with Gasteiger partial charge in [-0.25, -0.2) is 0 Å². The Morgan fingerprint density at radius 1 is 1.16 bits per heavy atom. The van der Waals surface area contributed by atoms with Crippen LogP contribution < -0.4 is 14.8 Å². The first-order valence-corrected chi connectivity index (χ1v) is 10.2. The van der Waals surface area contributed by atoms with E-state index in [2.05, 4.69) is 11.9 Å². The maximum atomic E-state index is 12.8. The number of rotatable bonds is 8. The molecule has 0 aromatic heterocycles. The van der Waals surface area contributed by atoms with Crippen molar-refractivity contribution in [3.05, 3.63) is 71.2 Å². The van der Waals surface area contributed by atoms with Gasteiger partial charge in [-0.2, -0.15) is 0 Å². The Hall–Kier alpha value is -3.52. The van der Waals surface area contributed by atoms with Crippen LogP contribution in [0.4, 0.5) is 10.5 Å². The van der Waals surface area contributed by atoms with E-state index in [1.165, 1.54) is 7.11 Å². The molecule has 1 aliphatic heterocycles. The van der Waals surface area contributed by atoms with Crippen molar-refractivity contribution in [3.8, 4) is 11.5 Å². The van der Waals surface area contributed by atoms with E-state index < -0.39 is 17.1 Å². The van der Waals surface area contributed by atoms with Crippen molar-refractivity contribution in [3.63, 3.8) is 0 Å². The van der Waals surface area contributed by atoms with E-state index in [1.54, 1.807) is 49.6 Å². The van der Waals surface area contributed by atoms with Crippen LogP contribution in [0.3, 0.4) is 0 Å². The number of ether oxygens (including phenoxy) is 2. The van der Waals surface area contributed by atoms with Gasteiger partial charge in [0.25, 0.3) is 11.1 Å². The lowest BCUT2D eigenvalue weighted by Gasteiger charge is -2.13. The summed E-state index contributed by atoms with van der Waals surface area (Å²) in [7, 11) is 3.08. The number of hydrogen-bond acceptors (Lipinski definition) is 6. The molecule has 0 atom stereocenters. The van der Waals surface area contributed by atoms with Crippen LogP contribution in [0.2, 0.25) is 0 Å². The Kier molecular flexibility index (Phi) is 7.15. The number of methoxy groups -OCH3 is 2. The van der Waals surface area contributed by atoms with Gasteiger partial charge < -0.3 is 14.8 Å². The molecule has 1 fully saturated rings. The largest absolute Gasteiger partial charge is 0.493 e. The summed E-state index contributed by atoms with van der Waals surface area (Å²) in [5.74, 6) is 0.132. The molecule has 1 heterocycles. The van der Waals surface area contributed by atoms with Crippen LogP contribution in [0, 0.1) is 0 Å². The number of nitrogens with zero attached hydrogens (tertiary/aromatic N) is 1. The number of carbonyl (C=O) groups is 3. The van der Waals surface area contributed by atoms with Gasteiger partial charge in [0.15, 0.2) is 11.5 Å². The minimum atomic E-state index is -0.515. The SMILES string of the molecule is C=CCc1cc(/C=C2\SC(=O)N(CC(=O)Nc3ccccc3)C2=O)cc(OC)c1OC. The van der Waals surface area contributed by atoms with Crippen LogP contribution in [-0.4, -0.2) is 42.7 Å². The van der Waals surface area contributed by atoms with Crippen molar-refractivity contribution >= 4 is 40.6 Å². The van der Waals surface area contributed by atoms with E-state index in [1.807, 2.05) is 12.1 Å². The minimum Gasteiger partial charge on any atom is -0.493 e. The summed E-state index contributed by atoms with van der Waals surface area (Å²) in [4.78, 5) is 38.5. The Morgan fingerprint density at radius 3 is 2.55 bits per heavy atom. The van der Waals surface area contributed by atoms with Crippen LogP contribution in [0.15, 0.2) is 60.0 Å². The smallest absolute Gasteiger partial charge is 0.294 e. The van der Waals surface area contributed by atoms with Crippen LogP contribution in [0.1, 0.15) is 11.1 Å². The van der Waals surface area contributed by atoms with E-state index >= 15 is 0 Å². The summed E-state index contributed by atoms with van der Waals surface area (Å²) in [6.07, 6.45) is 3.89. The number of carbonyl (C=O) groups excluding carboxylic acids is 3. The summed E-state index contributed by atoms with van der Waals surface area (Å²) >= 11 is 0.794. The van der Waals surface area contributed by atoms with Crippen molar-refractivity contribution in [2.24, 2.45) is 0 Å². The van der Waals surface area contributed by atoms with Crippen molar-refractivity contribution in [2.45, 2.75) is 6.42 Å². The molecule has 0 unspecified atom stereocenters. The molecule has 2 aromatic carbocycles. The summed E-state index contributed by atoms with van der Waals surface area (Å²) in [5, 5.41) is 2.18. The molecular weight excluding hydrogens is 416 g/mol. The Balaban J connectivity index is 1.80. The quantitative estimate of drug-likeness (QED) is 0.493. The number of amides is 3. The highest BCUT2D eigenvalue weighted by Crippen LogP contribution is 2.36. The molecule has 0 aliphatic carbocycles. The molecule has 3 amide bonds. The molecule has 8 heteroatoms. The average Bonchev–Trinajstić information content (AvgIpc) is 3.01. The molecule has 2 aromatic rings. The van der Waals surface area contributed by atoms with E-state index in [4.69, 9.17) is 9.47 Å². The van der Waals surface area contributed by atoms with Crippen LogP contribution in [0.5, 0.6) is 11.5 Å². The molecule has 160 valence electrons. The van der Waals surface area contributed by atoms with Crippen LogP contribution in [0.25, 0.3) is 6.08 Å². The zero-order chi connectivity index (χ0) is 22.4. The number of allylic oxidation sites excluding steroid dienone is 1. The maximum absolute atomic E-state index is 12.8. The number of thioether (sulfide) groups is 1. The van der Waals surface area contributed by atoms with Gasteiger partial charge in [-0.3, -0.25) is 19.3 Å². The highest BCUT2D eigenvalue weighted by molar-refractivity contribution is 8.18. The molecule has 1 aliphatic rings. The second kappa shape index (κ2) is 9.99. The lowest BCUT2D eigenvalue weighted by molar-refractivity contribution is -0.127. The van der Waals surface area contributed by atoms with E-state index in [0.717, 1.165) is 22.2 Å². The summed E-state index contributed by atoms with van der Waals surface area (Å²) in [6, 6.07) is 12.4. The standard InChI is InChI=1S/C23H22N2O5S/c1-4-8-16-11-15(12-18(29-2)21(16)30-3)13-19-22(27)25(23(28)31-19)14-20(26)24-17-9-6-5-7-10-17/h4-7,9-13H,1,8,14H2,2-3H3,(H,24,26)/b19-13-. The van der Waals surface area contributed by atoms with Gasteiger partial charge >= 0.3 is 0 Å². The highest BCUT2D eigenvalue weighted by atomic mass is 32.2. The van der Waals surface area contributed by atoms with Gasteiger partial charge in [0, 0.05) is 11.3 Å². The normalized spacial score (nSPS) is 14.6. The van der Waals surface area contributed by atoms with Gasteiger partial charge in [-0.15, -0.1) is 6.58 Å². The topological polar surface area (TPSA) is 84.9 Å². The fourth-order valence-electron chi connectivity index (χ4n) is 3.11. The predicted octanol–water partition coefficient (Wildman–Crippen LogP) is 4.11. The number of nitrogens with one attached hydrogen (secondary N) is 1. The number of benzene rings is 2. The summed E-state index contributed by atoms with van der Waals surface area (Å²) < 4.78 is 10.8. The second-order valence-electron chi connectivity index (χ2n) is 6.59. The van der Waals surface area contributed by atoms with Crippen molar-refractivity contribution < 1.29 is 23.9 Å². The van der Waals surface area contributed by atoms with Crippen LogP contribution >= 0.6 is 11.8 Å². The number of anilines is 1. The first-order valence-electron chi connectivity index (χ1n) is 9.43. The third-order valence-electron chi connectivity index (χ3n) is 4.47.